The van der Waals surface area contributed by atoms with Crippen LogP contribution in [0.3, 0.4) is 0 Å². The van der Waals surface area contributed by atoms with Crippen molar-refractivity contribution in [3.8, 4) is 11.1 Å². The molecular weight excluding hydrogens is 417 g/mol. The summed E-state index contributed by atoms with van der Waals surface area (Å²) in [5.74, 6) is -0.467. The van der Waals surface area contributed by atoms with Gasteiger partial charge in [0.1, 0.15) is 5.82 Å². The van der Waals surface area contributed by atoms with Crippen LogP contribution >= 0.6 is 0 Å². The third-order valence-corrected chi connectivity index (χ3v) is 6.82. The largest absolute Gasteiger partial charge is 0.393 e. The first-order valence-corrected chi connectivity index (χ1v) is 11.4. The molecule has 2 aromatic carbocycles. The number of hydrogen-bond acceptors (Lipinski definition) is 3. The van der Waals surface area contributed by atoms with Gasteiger partial charge >= 0.3 is 0 Å². The number of nitrogens with one attached hydrogen (secondary N) is 2. The molecule has 3 aromatic rings. The number of benzene rings is 2. The van der Waals surface area contributed by atoms with Crippen LogP contribution in [0.4, 0.5) is 10.1 Å². The number of carbonyl (C=O) groups is 1. The minimum Gasteiger partial charge on any atom is -0.393 e. The van der Waals surface area contributed by atoms with E-state index in [-0.39, 0.29) is 17.8 Å². The Balaban J connectivity index is 1.52. The van der Waals surface area contributed by atoms with Gasteiger partial charge in [0.25, 0.3) is 5.91 Å². The minimum absolute atomic E-state index is 0.160. The zero-order valence-electron chi connectivity index (χ0n) is 18.9. The Morgan fingerprint density at radius 2 is 1.91 bits per heavy atom. The monoisotopic (exact) mass is 445 g/mol. The van der Waals surface area contributed by atoms with Crippen LogP contribution in [0.15, 0.2) is 42.5 Å². The third-order valence-electron chi connectivity index (χ3n) is 6.82. The molecule has 5 rings (SSSR count). The minimum atomic E-state index is -0.307. The summed E-state index contributed by atoms with van der Waals surface area (Å²) >= 11 is 0. The molecule has 0 radical (unpaired) electrons. The van der Waals surface area contributed by atoms with E-state index in [9.17, 15) is 14.3 Å². The zero-order chi connectivity index (χ0) is 23.1. The molecule has 0 aliphatic carbocycles. The Morgan fingerprint density at radius 1 is 1.15 bits per heavy atom. The van der Waals surface area contributed by atoms with Gasteiger partial charge < -0.3 is 15.4 Å². The molecule has 170 valence electrons. The summed E-state index contributed by atoms with van der Waals surface area (Å²) in [4.78, 5) is 18.8. The summed E-state index contributed by atoms with van der Waals surface area (Å²) in [5.41, 5.74) is 8.01. The zero-order valence-corrected chi connectivity index (χ0v) is 18.9. The molecule has 3 N–H and O–H groups in total. The van der Waals surface area contributed by atoms with Crippen LogP contribution in [-0.4, -0.2) is 40.1 Å². The van der Waals surface area contributed by atoms with Gasteiger partial charge in [-0.25, -0.2) is 4.39 Å². The van der Waals surface area contributed by atoms with Gasteiger partial charge in [-0.2, -0.15) is 0 Å². The molecule has 6 heteroatoms. The Morgan fingerprint density at radius 3 is 2.67 bits per heavy atom. The molecule has 0 bridgehead atoms. The predicted octanol–water partition coefficient (Wildman–Crippen LogP) is 4.89. The highest BCUT2D eigenvalue weighted by Gasteiger charge is 2.28. The Labute approximate surface area is 192 Å². The maximum absolute atomic E-state index is 13.9. The summed E-state index contributed by atoms with van der Waals surface area (Å²) in [6.45, 7) is 6.73. The number of H-pyrrole nitrogens is 1. The van der Waals surface area contributed by atoms with Crippen LogP contribution < -0.4 is 5.32 Å². The van der Waals surface area contributed by atoms with E-state index in [0.29, 0.717) is 5.57 Å². The van der Waals surface area contributed by atoms with Crippen molar-refractivity contribution in [1.29, 1.82) is 0 Å². The van der Waals surface area contributed by atoms with E-state index in [4.69, 9.17) is 0 Å². The number of aliphatic hydroxyl groups excluding tert-OH is 1. The van der Waals surface area contributed by atoms with Crippen LogP contribution in [0.2, 0.25) is 0 Å². The smallest absolute Gasteiger partial charge is 0.256 e. The number of fused-ring (bicyclic) bond motifs is 1. The van der Waals surface area contributed by atoms with E-state index in [0.717, 1.165) is 71.8 Å². The number of rotatable bonds is 4. The van der Waals surface area contributed by atoms with E-state index in [1.54, 1.807) is 6.07 Å². The van der Waals surface area contributed by atoms with Gasteiger partial charge in [0.2, 0.25) is 0 Å². The van der Waals surface area contributed by atoms with E-state index in [1.165, 1.54) is 17.7 Å². The van der Waals surface area contributed by atoms with Gasteiger partial charge in [0, 0.05) is 42.3 Å². The number of piperidine rings is 1. The van der Waals surface area contributed by atoms with Crippen molar-refractivity contribution in [2.24, 2.45) is 0 Å². The number of aromatic amines is 1. The van der Waals surface area contributed by atoms with Gasteiger partial charge in [-0.1, -0.05) is 24.3 Å². The molecule has 0 atom stereocenters. The Hall–Kier alpha value is -3.22. The van der Waals surface area contributed by atoms with Crippen molar-refractivity contribution >= 4 is 23.2 Å². The van der Waals surface area contributed by atoms with E-state index in [2.05, 4.69) is 29.0 Å². The Bertz CT molecular complexity index is 1250. The molecule has 0 unspecified atom stereocenters. The highest BCUT2D eigenvalue weighted by atomic mass is 19.1. The van der Waals surface area contributed by atoms with Crippen molar-refractivity contribution in [1.82, 2.24) is 9.88 Å². The molecule has 0 saturated carbocycles. The Kier molecular flexibility index (Phi) is 5.64. The first-order chi connectivity index (χ1) is 15.9. The average molecular weight is 446 g/mol. The maximum Gasteiger partial charge on any atom is 0.256 e. The fourth-order valence-electron chi connectivity index (χ4n) is 4.93. The first-order valence-electron chi connectivity index (χ1n) is 11.4. The van der Waals surface area contributed by atoms with Crippen LogP contribution in [0.5, 0.6) is 0 Å². The van der Waals surface area contributed by atoms with E-state index >= 15 is 0 Å². The highest BCUT2D eigenvalue weighted by Crippen LogP contribution is 2.41. The lowest BCUT2D eigenvalue weighted by atomic mass is 9.94. The summed E-state index contributed by atoms with van der Waals surface area (Å²) in [6, 6.07) is 12.1. The molecule has 1 amide bonds. The van der Waals surface area contributed by atoms with Crippen molar-refractivity contribution in [3.63, 3.8) is 0 Å². The molecule has 0 spiro atoms. The summed E-state index contributed by atoms with van der Waals surface area (Å²) in [5, 5.41) is 12.7. The molecule has 3 heterocycles. The number of likely N-dealkylation sites (tertiary alicyclic amines) is 1. The second kappa shape index (κ2) is 8.61. The fraction of sp³-hybridized carbons (Fsp3) is 0.296. The lowest BCUT2D eigenvalue weighted by Gasteiger charge is -2.29. The lowest BCUT2D eigenvalue weighted by Crippen LogP contribution is -2.35. The van der Waals surface area contributed by atoms with Crippen molar-refractivity contribution in [2.45, 2.75) is 39.3 Å². The molecule has 1 fully saturated rings. The summed E-state index contributed by atoms with van der Waals surface area (Å²) in [6.07, 6.45) is 3.33. The number of carbonyl (C=O) groups excluding carboxylic acids is 1. The lowest BCUT2D eigenvalue weighted by molar-refractivity contribution is -0.110. The van der Waals surface area contributed by atoms with Crippen molar-refractivity contribution in [3.05, 3.63) is 76.4 Å². The quantitative estimate of drug-likeness (QED) is 0.501. The van der Waals surface area contributed by atoms with Crippen LogP contribution in [0, 0.1) is 19.7 Å². The van der Waals surface area contributed by atoms with Crippen LogP contribution in [0.1, 0.15) is 40.9 Å². The van der Waals surface area contributed by atoms with Gasteiger partial charge in [-0.3, -0.25) is 9.69 Å². The highest BCUT2D eigenvalue weighted by molar-refractivity contribution is 6.36. The van der Waals surface area contributed by atoms with Gasteiger partial charge in [0.15, 0.2) is 0 Å². The molecule has 2 aliphatic heterocycles. The van der Waals surface area contributed by atoms with E-state index in [1.807, 2.05) is 30.3 Å². The normalized spacial score (nSPS) is 18.1. The van der Waals surface area contributed by atoms with E-state index < -0.39 is 0 Å². The van der Waals surface area contributed by atoms with Crippen molar-refractivity contribution < 1.29 is 14.3 Å². The number of aromatic nitrogens is 1. The van der Waals surface area contributed by atoms with Crippen molar-refractivity contribution in [2.75, 3.05) is 18.4 Å². The number of halogens is 1. The molecule has 1 saturated heterocycles. The number of nitrogens with zero attached hydrogens (tertiary/aromatic N) is 1. The molecule has 2 aliphatic rings. The molecule has 33 heavy (non-hydrogen) atoms. The topological polar surface area (TPSA) is 68.4 Å². The summed E-state index contributed by atoms with van der Waals surface area (Å²) in [7, 11) is 0. The average Bonchev–Trinajstić information content (AvgIpc) is 3.25. The van der Waals surface area contributed by atoms with Crippen LogP contribution in [-0.2, 0) is 11.3 Å². The second-order valence-electron chi connectivity index (χ2n) is 9.03. The van der Waals surface area contributed by atoms with Crippen LogP contribution in [0.25, 0.3) is 22.8 Å². The molecular formula is C27H28FN3O2. The summed E-state index contributed by atoms with van der Waals surface area (Å²) < 4.78 is 13.9. The maximum atomic E-state index is 13.9. The molecule has 5 nitrogen and oxygen atoms in total. The third kappa shape index (κ3) is 4.12. The van der Waals surface area contributed by atoms with Gasteiger partial charge in [-0.05, 0) is 73.2 Å². The number of aliphatic hydroxyl groups is 1. The molecule has 1 aromatic heterocycles. The van der Waals surface area contributed by atoms with Gasteiger partial charge in [0.05, 0.1) is 11.7 Å². The standard InChI is InChI=1S/C27H28FN3O2/c1-16-23(15-31-11-9-20(32)10-12-31)17(2)29-25(16)14-22-26-21(18-5-3-6-19(28)13-18)7-4-8-24(26)30-27(22)33/h3-8,13-14,20,29,32H,9-12,15H2,1-2H3,(H,30,33)/b22-14-. The number of hydrogen-bond donors (Lipinski definition) is 3. The number of amides is 1. The SMILES string of the molecule is Cc1[nH]c(/C=C2\C(=O)Nc3cccc(-c4cccc(F)c4)c32)c(C)c1CN1CCC(O)CC1. The second-order valence-corrected chi connectivity index (χ2v) is 9.03. The first kappa shape index (κ1) is 21.6. The van der Waals surface area contributed by atoms with Gasteiger partial charge in [-0.15, -0.1) is 0 Å². The fourth-order valence-corrected chi connectivity index (χ4v) is 4.93. The number of aryl methyl sites for hydroxylation is 1. The number of anilines is 1. The predicted molar refractivity (Wildman–Crippen MR) is 129 cm³/mol.